The number of allylic oxidation sites excluding steroid dienone is 1. The summed E-state index contributed by atoms with van der Waals surface area (Å²) in [4.78, 5) is 14.4. The van der Waals surface area contributed by atoms with Crippen LogP contribution in [-0.2, 0) is 0 Å². The number of nitrogens with zero attached hydrogens (tertiary/aromatic N) is 2. The van der Waals surface area contributed by atoms with Crippen molar-refractivity contribution in [2.45, 2.75) is 0 Å². The fourth-order valence-corrected chi connectivity index (χ4v) is 2.39. The molecular formula is C19H16N2O3. The maximum atomic E-state index is 12.4. The monoisotopic (exact) mass is 320 g/mol. The van der Waals surface area contributed by atoms with E-state index >= 15 is 0 Å². The number of fused-ring (bicyclic) bond motifs is 1. The molecule has 1 aliphatic heterocycles. The summed E-state index contributed by atoms with van der Waals surface area (Å²) in [7, 11) is 3.94. The SMILES string of the molecule is CN(C)c1ccc(/C=C2\Oc3cc(OCC#N)ccc3C2=O)cc1. The highest BCUT2D eigenvalue weighted by Gasteiger charge is 2.27. The number of ketones is 1. The van der Waals surface area contributed by atoms with Crippen molar-refractivity contribution < 1.29 is 14.3 Å². The summed E-state index contributed by atoms with van der Waals surface area (Å²) >= 11 is 0. The van der Waals surface area contributed by atoms with Crippen LogP contribution in [0.25, 0.3) is 6.08 Å². The van der Waals surface area contributed by atoms with Crippen molar-refractivity contribution in [2.75, 3.05) is 25.6 Å². The van der Waals surface area contributed by atoms with Gasteiger partial charge >= 0.3 is 0 Å². The summed E-state index contributed by atoms with van der Waals surface area (Å²) < 4.78 is 10.9. The van der Waals surface area contributed by atoms with E-state index in [0.717, 1.165) is 11.3 Å². The Kier molecular flexibility index (Phi) is 4.21. The molecule has 2 aromatic rings. The summed E-state index contributed by atoms with van der Waals surface area (Å²) in [5, 5.41) is 8.55. The number of hydrogen-bond acceptors (Lipinski definition) is 5. The van der Waals surface area contributed by atoms with E-state index in [1.165, 1.54) is 0 Å². The average Bonchev–Trinajstić information content (AvgIpc) is 2.89. The van der Waals surface area contributed by atoms with E-state index < -0.39 is 0 Å². The van der Waals surface area contributed by atoms with Crippen molar-refractivity contribution in [3.8, 4) is 17.6 Å². The number of benzene rings is 2. The summed E-state index contributed by atoms with van der Waals surface area (Å²) in [6.45, 7) is -0.0480. The minimum absolute atomic E-state index is 0.0480. The van der Waals surface area contributed by atoms with Crippen LogP contribution < -0.4 is 14.4 Å². The number of ether oxygens (including phenoxy) is 2. The molecular weight excluding hydrogens is 304 g/mol. The molecule has 0 unspecified atom stereocenters. The summed E-state index contributed by atoms with van der Waals surface area (Å²) in [6.07, 6.45) is 1.72. The zero-order valence-corrected chi connectivity index (χ0v) is 13.4. The lowest BCUT2D eigenvalue weighted by Gasteiger charge is -2.11. The van der Waals surface area contributed by atoms with Crippen molar-refractivity contribution in [2.24, 2.45) is 0 Å². The van der Waals surface area contributed by atoms with E-state index in [-0.39, 0.29) is 18.1 Å². The molecule has 0 bridgehead atoms. The van der Waals surface area contributed by atoms with Crippen molar-refractivity contribution in [1.82, 2.24) is 0 Å². The molecule has 0 N–H and O–H groups in total. The molecule has 0 radical (unpaired) electrons. The molecule has 120 valence electrons. The average molecular weight is 320 g/mol. The van der Waals surface area contributed by atoms with Gasteiger partial charge in [0.25, 0.3) is 0 Å². The first kappa shape index (κ1) is 15.6. The highest BCUT2D eigenvalue weighted by Crippen LogP contribution is 2.34. The van der Waals surface area contributed by atoms with Gasteiger partial charge in [-0.3, -0.25) is 4.79 Å². The molecule has 1 aliphatic rings. The molecule has 0 atom stereocenters. The van der Waals surface area contributed by atoms with Crippen LogP contribution in [0.3, 0.4) is 0 Å². The fraction of sp³-hybridized carbons (Fsp3) is 0.158. The van der Waals surface area contributed by atoms with Crippen LogP contribution in [0.2, 0.25) is 0 Å². The van der Waals surface area contributed by atoms with Crippen LogP contribution in [0.1, 0.15) is 15.9 Å². The van der Waals surface area contributed by atoms with Crippen LogP contribution in [0.4, 0.5) is 5.69 Å². The number of hydrogen-bond donors (Lipinski definition) is 0. The van der Waals surface area contributed by atoms with Gasteiger partial charge in [0.15, 0.2) is 12.4 Å². The van der Waals surface area contributed by atoms with Crippen molar-refractivity contribution in [3.63, 3.8) is 0 Å². The van der Waals surface area contributed by atoms with Crippen LogP contribution >= 0.6 is 0 Å². The van der Waals surface area contributed by atoms with E-state index in [1.807, 2.05) is 49.3 Å². The van der Waals surface area contributed by atoms with Crippen molar-refractivity contribution in [1.29, 1.82) is 5.26 Å². The fourth-order valence-electron chi connectivity index (χ4n) is 2.39. The van der Waals surface area contributed by atoms with Gasteiger partial charge in [-0.1, -0.05) is 12.1 Å². The maximum absolute atomic E-state index is 12.4. The Balaban J connectivity index is 1.83. The predicted octanol–water partition coefficient (Wildman–Crippen LogP) is 3.27. The van der Waals surface area contributed by atoms with E-state index in [2.05, 4.69) is 0 Å². The van der Waals surface area contributed by atoms with Gasteiger partial charge in [-0.25, -0.2) is 0 Å². The zero-order valence-electron chi connectivity index (χ0n) is 13.4. The highest BCUT2D eigenvalue weighted by molar-refractivity contribution is 6.14. The quantitative estimate of drug-likeness (QED) is 0.809. The van der Waals surface area contributed by atoms with Crippen LogP contribution in [-0.4, -0.2) is 26.5 Å². The maximum Gasteiger partial charge on any atom is 0.231 e. The van der Waals surface area contributed by atoms with Gasteiger partial charge in [-0.2, -0.15) is 5.26 Å². The largest absolute Gasteiger partial charge is 0.479 e. The second kappa shape index (κ2) is 6.47. The Hall–Kier alpha value is -3.26. The summed E-state index contributed by atoms with van der Waals surface area (Å²) in [6, 6.07) is 14.7. The normalized spacial score (nSPS) is 14.0. The Labute approximate surface area is 140 Å². The third kappa shape index (κ3) is 3.08. The van der Waals surface area contributed by atoms with E-state index in [4.69, 9.17) is 14.7 Å². The van der Waals surface area contributed by atoms with E-state index in [1.54, 1.807) is 24.3 Å². The van der Waals surface area contributed by atoms with Crippen LogP contribution in [0.5, 0.6) is 11.5 Å². The highest BCUT2D eigenvalue weighted by atomic mass is 16.5. The molecule has 1 heterocycles. The minimum Gasteiger partial charge on any atom is -0.479 e. The Morgan fingerprint density at radius 2 is 1.96 bits per heavy atom. The number of anilines is 1. The molecule has 24 heavy (non-hydrogen) atoms. The molecule has 3 rings (SSSR count). The molecule has 5 heteroatoms. The van der Waals surface area contributed by atoms with Gasteiger partial charge in [0.1, 0.15) is 17.6 Å². The third-order valence-corrected chi connectivity index (χ3v) is 3.65. The van der Waals surface area contributed by atoms with Gasteiger partial charge in [0.05, 0.1) is 5.56 Å². The minimum atomic E-state index is -0.159. The lowest BCUT2D eigenvalue weighted by Crippen LogP contribution is -2.08. The topological polar surface area (TPSA) is 62.6 Å². The molecule has 0 aliphatic carbocycles. The Morgan fingerprint density at radius 3 is 2.62 bits per heavy atom. The van der Waals surface area contributed by atoms with Gasteiger partial charge in [-0.05, 0) is 35.9 Å². The zero-order chi connectivity index (χ0) is 17.1. The molecule has 0 spiro atoms. The van der Waals surface area contributed by atoms with Gasteiger partial charge in [0, 0.05) is 25.8 Å². The Bertz CT molecular complexity index is 846. The number of nitriles is 1. The molecule has 2 aromatic carbocycles. The predicted molar refractivity (Wildman–Crippen MR) is 91.3 cm³/mol. The third-order valence-electron chi connectivity index (χ3n) is 3.65. The smallest absolute Gasteiger partial charge is 0.231 e. The Morgan fingerprint density at radius 1 is 1.21 bits per heavy atom. The second-order valence-corrected chi connectivity index (χ2v) is 5.53. The summed E-state index contributed by atoms with van der Waals surface area (Å²) in [5.41, 5.74) is 2.46. The molecule has 0 amide bonds. The number of carbonyl (C=O) groups is 1. The van der Waals surface area contributed by atoms with Crippen molar-refractivity contribution >= 4 is 17.5 Å². The van der Waals surface area contributed by atoms with E-state index in [0.29, 0.717) is 17.1 Å². The van der Waals surface area contributed by atoms with Crippen LogP contribution in [0.15, 0.2) is 48.2 Å². The van der Waals surface area contributed by atoms with E-state index in [9.17, 15) is 4.79 Å². The second-order valence-electron chi connectivity index (χ2n) is 5.53. The number of Topliss-reactive ketones (excluding diaryl/α,β-unsaturated/α-hetero) is 1. The first-order valence-corrected chi connectivity index (χ1v) is 7.44. The molecule has 0 aromatic heterocycles. The lowest BCUT2D eigenvalue weighted by molar-refractivity contribution is 0.101. The molecule has 5 nitrogen and oxygen atoms in total. The first-order valence-electron chi connectivity index (χ1n) is 7.44. The molecule has 0 fully saturated rings. The number of rotatable bonds is 4. The number of carbonyl (C=O) groups excluding carboxylic acids is 1. The van der Waals surface area contributed by atoms with Gasteiger partial charge in [0.2, 0.25) is 5.78 Å². The molecule has 0 saturated carbocycles. The van der Waals surface area contributed by atoms with Gasteiger partial charge < -0.3 is 14.4 Å². The first-order chi connectivity index (χ1) is 11.6. The summed E-state index contributed by atoms with van der Waals surface area (Å²) in [5.74, 6) is 1.07. The molecule has 0 saturated heterocycles. The standard InChI is InChI=1S/C19H16N2O3/c1-21(2)14-5-3-13(4-6-14)11-18-19(22)16-8-7-15(23-10-9-20)12-17(16)24-18/h3-8,11-12H,10H2,1-2H3/b18-11-. The lowest BCUT2D eigenvalue weighted by atomic mass is 10.1. The van der Waals surface area contributed by atoms with Crippen molar-refractivity contribution in [3.05, 3.63) is 59.4 Å². The van der Waals surface area contributed by atoms with Gasteiger partial charge in [-0.15, -0.1) is 0 Å². The van der Waals surface area contributed by atoms with Crippen LogP contribution in [0, 0.1) is 11.3 Å².